The summed E-state index contributed by atoms with van der Waals surface area (Å²) in [4.78, 5) is 9.17. The first-order valence-electron chi connectivity index (χ1n) is 1.22. The maximum atomic E-state index is 9.17. The van der Waals surface area contributed by atoms with Crippen LogP contribution in [-0.4, -0.2) is 16.1 Å². The third-order valence-electron chi connectivity index (χ3n) is 0.167. The minimum absolute atomic E-state index is 1.14. The molecule has 7 heteroatoms. The van der Waals surface area contributed by atoms with Crippen LogP contribution in [0, 0.1) is 10.1 Å². The van der Waals surface area contributed by atoms with E-state index in [4.69, 9.17) is 5.02 Å². The van der Waals surface area contributed by atoms with E-state index in [2.05, 4.69) is 20.1 Å². The summed E-state index contributed by atoms with van der Waals surface area (Å²) in [5.74, 6) is 0. The van der Waals surface area contributed by atoms with E-state index in [0.29, 0.717) is 0 Å². The summed E-state index contributed by atoms with van der Waals surface area (Å²) in [7, 11) is 0. The second-order valence-electron chi connectivity index (χ2n) is 0.591. The molecule has 0 bridgehead atoms. The van der Waals surface area contributed by atoms with Gasteiger partial charge < -0.3 is 0 Å². The quantitative estimate of drug-likeness (QED) is 0.301. The van der Waals surface area contributed by atoms with Gasteiger partial charge in [0.1, 0.15) is 0 Å². The van der Waals surface area contributed by atoms with Crippen LogP contribution >= 0.6 is 0 Å². The van der Waals surface area contributed by atoms with Crippen molar-refractivity contribution in [3.63, 3.8) is 0 Å². The van der Waals surface area contributed by atoms with E-state index in [-0.39, 0.29) is 0 Å². The monoisotopic (exact) mass is 148 g/mol. The molecule has 0 aromatic carbocycles. The first kappa shape index (κ1) is 6.72. The van der Waals surface area contributed by atoms with Crippen LogP contribution in [0.2, 0.25) is 0 Å². The fourth-order valence-corrected chi connectivity index (χ4v) is 0.151. The molecule has 1 N–H and O–H groups in total. The molecule has 0 atom stereocenters. The minimum atomic E-state index is -1.70. The Labute approximate surface area is 47.1 Å². The SMILES string of the molecule is O=[N+]([O-])O[B](O)[Ni]. The van der Waals surface area contributed by atoms with E-state index in [1.807, 2.05) is 0 Å². The molecular weight excluding hydrogens is 148 g/mol. The first-order valence-corrected chi connectivity index (χ1v) is 1.79. The zero-order valence-corrected chi connectivity index (χ0v) is 4.00. The van der Waals surface area contributed by atoms with Gasteiger partial charge in [0, 0.05) is 0 Å². The number of hydrogen-bond donors (Lipinski definition) is 1. The second kappa shape index (κ2) is 2.82. The molecule has 0 fully saturated rings. The van der Waals surface area contributed by atoms with Gasteiger partial charge in [0.15, 0.2) is 0 Å². The molecular formula is HBNNiO4. The van der Waals surface area contributed by atoms with Gasteiger partial charge in [-0.1, -0.05) is 0 Å². The molecule has 0 saturated heterocycles. The zero-order chi connectivity index (χ0) is 5.86. The van der Waals surface area contributed by atoms with Gasteiger partial charge in [0.05, 0.1) is 0 Å². The van der Waals surface area contributed by atoms with Crippen LogP contribution in [0.5, 0.6) is 0 Å². The molecule has 0 saturated carbocycles. The van der Waals surface area contributed by atoms with Crippen molar-refractivity contribution < 1.29 is 30.2 Å². The fraction of sp³-hybridized carbons (Fsp3) is 0. The van der Waals surface area contributed by atoms with Gasteiger partial charge in [-0.25, -0.2) is 0 Å². The second-order valence-corrected chi connectivity index (χ2v) is 1.08. The van der Waals surface area contributed by atoms with Gasteiger partial charge in [-0.05, 0) is 0 Å². The van der Waals surface area contributed by atoms with Crippen molar-refractivity contribution in [3.05, 3.63) is 10.1 Å². The molecule has 0 aromatic rings. The van der Waals surface area contributed by atoms with Crippen LogP contribution in [0.3, 0.4) is 0 Å². The molecule has 0 amide bonds. The van der Waals surface area contributed by atoms with Crippen molar-refractivity contribution in [2.24, 2.45) is 0 Å². The van der Waals surface area contributed by atoms with Crippen LogP contribution in [-0.2, 0) is 20.1 Å². The molecule has 0 spiro atoms. The standard InChI is InChI=1S/BHNO4.Ni/c3-1-6-2(4)5;/h3H;/q+1;-1. The van der Waals surface area contributed by atoms with Crippen molar-refractivity contribution in [1.82, 2.24) is 0 Å². The van der Waals surface area contributed by atoms with Crippen LogP contribution in [0.1, 0.15) is 0 Å². The Morgan fingerprint density at radius 1 is 2.00 bits per heavy atom. The summed E-state index contributed by atoms with van der Waals surface area (Å²) in [5.41, 5.74) is 0. The van der Waals surface area contributed by atoms with Gasteiger partial charge in [-0.2, -0.15) is 0 Å². The van der Waals surface area contributed by atoms with Crippen LogP contribution in [0.25, 0.3) is 0 Å². The van der Waals surface area contributed by atoms with Gasteiger partial charge in [-0.15, -0.1) is 0 Å². The molecule has 0 aliphatic heterocycles. The zero-order valence-electron chi connectivity index (χ0n) is 3.01. The molecule has 0 aromatic heterocycles. The Morgan fingerprint density at radius 2 is 2.43 bits per heavy atom. The van der Waals surface area contributed by atoms with Gasteiger partial charge in [0.2, 0.25) is 0 Å². The maximum absolute atomic E-state index is 9.17. The Bertz CT molecular complexity index is 72.1. The normalized spacial score (nSPS) is 7.86. The summed E-state index contributed by atoms with van der Waals surface area (Å²) in [6.07, 6.45) is 0. The van der Waals surface area contributed by atoms with E-state index < -0.39 is 11.1 Å². The molecule has 0 unspecified atom stereocenters. The number of hydrogen-bond acceptors (Lipinski definition) is 4. The first-order chi connectivity index (χ1) is 3.13. The summed E-state index contributed by atoms with van der Waals surface area (Å²) < 4.78 is 3.36. The van der Waals surface area contributed by atoms with Crippen LogP contribution in [0.4, 0.5) is 0 Å². The Kier molecular flexibility index (Phi) is 2.71. The van der Waals surface area contributed by atoms with Crippen LogP contribution in [0.15, 0.2) is 0 Å². The molecule has 5 nitrogen and oxygen atoms in total. The Balaban J connectivity index is 3.13. The predicted octanol–water partition coefficient (Wildman–Crippen LogP) is -1.28. The fourth-order valence-electron chi connectivity index (χ4n) is 0.0657. The molecule has 0 aliphatic rings. The van der Waals surface area contributed by atoms with E-state index in [9.17, 15) is 10.1 Å². The predicted molar refractivity (Wildman–Crippen MR) is 16.1 cm³/mol. The average Bonchev–Trinajstić information content (AvgIpc) is 1.27. The average molecular weight is 149 g/mol. The third-order valence-corrected chi connectivity index (χ3v) is 0.271. The molecule has 7 heavy (non-hydrogen) atoms. The van der Waals surface area contributed by atoms with Crippen molar-refractivity contribution in [2.75, 3.05) is 0 Å². The van der Waals surface area contributed by atoms with Crippen molar-refractivity contribution in [2.45, 2.75) is 0 Å². The van der Waals surface area contributed by atoms with Crippen molar-refractivity contribution in [3.8, 4) is 0 Å². The third kappa shape index (κ3) is 5.72. The van der Waals surface area contributed by atoms with E-state index >= 15 is 0 Å². The van der Waals surface area contributed by atoms with Crippen molar-refractivity contribution in [1.29, 1.82) is 0 Å². The number of rotatable bonds is 2. The van der Waals surface area contributed by atoms with Gasteiger partial charge in [0.25, 0.3) is 0 Å². The van der Waals surface area contributed by atoms with E-state index in [1.165, 1.54) is 0 Å². The topological polar surface area (TPSA) is 72.6 Å². The number of nitrogens with zero attached hydrogens (tertiary/aromatic N) is 1. The molecule has 0 radical (unpaired) electrons. The Morgan fingerprint density at radius 3 is 2.43 bits per heavy atom. The molecule has 0 heterocycles. The van der Waals surface area contributed by atoms with Crippen molar-refractivity contribution >= 4 is 6.01 Å². The molecule has 0 rings (SSSR count). The summed E-state index contributed by atoms with van der Waals surface area (Å²) in [6, 6.07) is -1.70. The summed E-state index contributed by atoms with van der Waals surface area (Å²) in [5, 5.41) is 15.9. The molecule has 0 aliphatic carbocycles. The van der Waals surface area contributed by atoms with Gasteiger partial charge >= 0.3 is 46.3 Å². The van der Waals surface area contributed by atoms with E-state index in [1.54, 1.807) is 0 Å². The van der Waals surface area contributed by atoms with Crippen LogP contribution < -0.4 is 0 Å². The summed E-state index contributed by atoms with van der Waals surface area (Å²) >= 11 is 3.58. The summed E-state index contributed by atoms with van der Waals surface area (Å²) in [6.45, 7) is 0. The Hall–Kier alpha value is -0.282. The van der Waals surface area contributed by atoms with E-state index in [0.717, 1.165) is 0 Å². The van der Waals surface area contributed by atoms with Gasteiger partial charge in [-0.3, -0.25) is 0 Å². The molecule has 43 valence electrons.